The van der Waals surface area contributed by atoms with Crippen molar-refractivity contribution in [3.8, 4) is 17.1 Å². The normalized spacial score (nSPS) is 17.0. The van der Waals surface area contributed by atoms with Crippen LogP contribution in [0.4, 0.5) is 11.5 Å². The lowest BCUT2D eigenvalue weighted by Gasteiger charge is -2.28. The SMILES string of the molecule is COc1ncc(-c2ccc3ncnc(N4CCOCC4)c3n2)cc1NS(=O)(=O)C1CC1. The largest absolute Gasteiger partial charge is 0.480 e. The Bertz CT molecular complexity index is 1230. The van der Waals surface area contributed by atoms with E-state index in [-0.39, 0.29) is 11.1 Å². The topological polar surface area (TPSA) is 119 Å². The van der Waals surface area contributed by atoms with E-state index in [4.69, 9.17) is 14.5 Å². The van der Waals surface area contributed by atoms with Gasteiger partial charge < -0.3 is 14.4 Å². The van der Waals surface area contributed by atoms with E-state index in [1.165, 1.54) is 13.4 Å². The minimum absolute atomic E-state index is 0.214. The summed E-state index contributed by atoms with van der Waals surface area (Å²) in [7, 11) is -2.00. The first-order valence-corrected chi connectivity index (χ1v) is 11.6. The Morgan fingerprint density at radius 2 is 1.97 bits per heavy atom. The number of rotatable bonds is 6. The van der Waals surface area contributed by atoms with Gasteiger partial charge in [-0.1, -0.05) is 0 Å². The maximum Gasteiger partial charge on any atom is 0.238 e. The quantitative estimate of drug-likeness (QED) is 0.610. The fourth-order valence-electron chi connectivity index (χ4n) is 3.54. The van der Waals surface area contributed by atoms with Gasteiger partial charge in [-0.05, 0) is 31.0 Å². The van der Waals surface area contributed by atoms with Crippen molar-refractivity contribution in [2.45, 2.75) is 18.1 Å². The molecule has 1 aliphatic heterocycles. The van der Waals surface area contributed by atoms with E-state index >= 15 is 0 Å². The molecule has 0 radical (unpaired) electrons. The van der Waals surface area contributed by atoms with Crippen molar-refractivity contribution in [2.75, 3.05) is 43.0 Å². The first-order chi connectivity index (χ1) is 15.0. The highest BCUT2D eigenvalue weighted by Crippen LogP contribution is 2.34. The predicted molar refractivity (Wildman–Crippen MR) is 116 cm³/mol. The van der Waals surface area contributed by atoms with Crippen LogP contribution >= 0.6 is 0 Å². The molecule has 2 aliphatic rings. The van der Waals surface area contributed by atoms with Gasteiger partial charge in [0.15, 0.2) is 5.82 Å². The van der Waals surface area contributed by atoms with Gasteiger partial charge in [-0.3, -0.25) is 4.72 Å². The van der Waals surface area contributed by atoms with Crippen molar-refractivity contribution in [3.63, 3.8) is 0 Å². The van der Waals surface area contributed by atoms with Crippen LogP contribution in [0.5, 0.6) is 5.88 Å². The third-order valence-corrected chi connectivity index (χ3v) is 7.18. The van der Waals surface area contributed by atoms with Gasteiger partial charge >= 0.3 is 0 Å². The fraction of sp³-hybridized carbons (Fsp3) is 0.400. The van der Waals surface area contributed by atoms with Crippen LogP contribution in [0.15, 0.2) is 30.7 Å². The van der Waals surface area contributed by atoms with Crippen molar-refractivity contribution >= 4 is 32.6 Å². The molecule has 31 heavy (non-hydrogen) atoms. The number of fused-ring (bicyclic) bond motifs is 1. The Hall–Kier alpha value is -3.05. The van der Waals surface area contributed by atoms with Gasteiger partial charge in [0.25, 0.3) is 0 Å². The summed E-state index contributed by atoms with van der Waals surface area (Å²) in [6.07, 6.45) is 4.48. The minimum Gasteiger partial charge on any atom is -0.480 e. The average Bonchev–Trinajstić information content (AvgIpc) is 3.65. The summed E-state index contributed by atoms with van der Waals surface area (Å²) in [6, 6.07) is 5.40. The van der Waals surface area contributed by atoms with E-state index in [0.717, 1.165) is 24.4 Å². The molecule has 0 spiro atoms. The molecule has 162 valence electrons. The molecule has 1 N–H and O–H groups in total. The molecular weight excluding hydrogens is 420 g/mol. The van der Waals surface area contributed by atoms with Gasteiger partial charge in [0.05, 0.1) is 36.8 Å². The smallest absolute Gasteiger partial charge is 0.238 e. The zero-order chi connectivity index (χ0) is 21.4. The monoisotopic (exact) mass is 442 g/mol. The number of pyridine rings is 2. The third kappa shape index (κ3) is 3.98. The summed E-state index contributed by atoms with van der Waals surface area (Å²) in [5.74, 6) is 0.970. The molecule has 3 aromatic rings. The van der Waals surface area contributed by atoms with E-state index in [1.54, 1.807) is 12.3 Å². The minimum atomic E-state index is -3.46. The number of morpholine rings is 1. The first-order valence-electron chi connectivity index (χ1n) is 10.1. The summed E-state index contributed by atoms with van der Waals surface area (Å²) >= 11 is 0. The number of hydrogen-bond acceptors (Lipinski definition) is 9. The first kappa shape index (κ1) is 19.9. The summed E-state index contributed by atoms with van der Waals surface area (Å²) in [5, 5.41) is -0.354. The highest BCUT2D eigenvalue weighted by molar-refractivity contribution is 7.93. The van der Waals surface area contributed by atoms with Gasteiger partial charge in [0.1, 0.15) is 17.5 Å². The van der Waals surface area contributed by atoms with Crippen LogP contribution in [0.3, 0.4) is 0 Å². The standard InChI is InChI=1S/C20H22N6O4S/c1-29-20-17(25-31(27,28)14-2-3-14)10-13(11-21-20)15-4-5-16-18(24-15)19(23-12-22-16)26-6-8-30-9-7-26/h4-5,10-12,14,25H,2-3,6-9H2,1H3. The second-order valence-corrected chi connectivity index (χ2v) is 9.45. The number of ether oxygens (including phenoxy) is 2. The summed E-state index contributed by atoms with van der Waals surface area (Å²) in [4.78, 5) is 20.0. The molecule has 10 nitrogen and oxygen atoms in total. The molecule has 0 aromatic carbocycles. The Kier molecular flexibility index (Phi) is 5.06. The van der Waals surface area contributed by atoms with Crippen LogP contribution in [0.1, 0.15) is 12.8 Å². The molecule has 0 atom stereocenters. The third-order valence-electron chi connectivity index (χ3n) is 5.33. The number of nitrogens with one attached hydrogen (secondary N) is 1. The Balaban J connectivity index is 1.55. The van der Waals surface area contributed by atoms with E-state index < -0.39 is 10.0 Å². The highest BCUT2D eigenvalue weighted by Gasteiger charge is 2.36. The Labute approximate surface area is 179 Å². The number of sulfonamides is 1. The fourth-order valence-corrected chi connectivity index (χ4v) is 4.91. The molecule has 2 fully saturated rings. The molecule has 0 amide bonds. The summed E-state index contributed by atoms with van der Waals surface area (Å²) in [6.45, 7) is 2.74. The van der Waals surface area contributed by atoms with Crippen LogP contribution < -0.4 is 14.4 Å². The zero-order valence-corrected chi connectivity index (χ0v) is 17.8. The predicted octanol–water partition coefficient (Wildman–Crippen LogP) is 1.84. The molecule has 1 saturated heterocycles. The van der Waals surface area contributed by atoms with Crippen molar-refractivity contribution in [1.82, 2.24) is 19.9 Å². The van der Waals surface area contributed by atoms with Gasteiger partial charge in [0.2, 0.25) is 15.9 Å². The highest BCUT2D eigenvalue weighted by atomic mass is 32.2. The van der Waals surface area contributed by atoms with Crippen LogP contribution in [0.25, 0.3) is 22.3 Å². The van der Waals surface area contributed by atoms with Gasteiger partial charge in [-0.15, -0.1) is 0 Å². The van der Waals surface area contributed by atoms with Gasteiger partial charge in [-0.25, -0.2) is 28.4 Å². The molecule has 4 heterocycles. The maximum atomic E-state index is 12.4. The second-order valence-electron chi connectivity index (χ2n) is 7.49. The maximum absolute atomic E-state index is 12.4. The van der Waals surface area contributed by atoms with Crippen LogP contribution in [0, 0.1) is 0 Å². The molecule has 1 saturated carbocycles. The van der Waals surface area contributed by atoms with Crippen LogP contribution in [-0.2, 0) is 14.8 Å². The van der Waals surface area contributed by atoms with Crippen molar-refractivity contribution < 1.29 is 17.9 Å². The molecule has 11 heteroatoms. The van der Waals surface area contributed by atoms with E-state index in [0.29, 0.717) is 48.5 Å². The number of aromatic nitrogens is 4. The van der Waals surface area contributed by atoms with Gasteiger partial charge in [0, 0.05) is 24.8 Å². The molecular formula is C20H22N6O4S. The van der Waals surface area contributed by atoms with E-state index in [1.807, 2.05) is 12.1 Å². The Morgan fingerprint density at radius 3 is 2.71 bits per heavy atom. The average molecular weight is 443 g/mol. The number of anilines is 2. The Morgan fingerprint density at radius 1 is 1.16 bits per heavy atom. The number of hydrogen-bond donors (Lipinski definition) is 1. The summed E-state index contributed by atoms with van der Waals surface area (Å²) in [5.41, 5.74) is 3.01. The molecule has 3 aromatic heterocycles. The molecule has 5 rings (SSSR count). The van der Waals surface area contributed by atoms with E-state index in [9.17, 15) is 8.42 Å². The lowest BCUT2D eigenvalue weighted by Crippen LogP contribution is -2.37. The second kappa shape index (κ2) is 7.89. The van der Waals surface area contributed by atoms with Crippen molar-refractivity contribution in [1.29, 1.82) is 0 Å². The lowest BCUT2D eigenvalue weighted by molar-refractivity contribution is 0.122. The zero-order valence-electron chi connectivity index (χ0n) is 17.0. The lowest BCUT2D eigenvalue weighted by atomic mass is 10.1. The van der Waals surface area contributed by atoms with Crippen molar-refractivity contribution in [3.05, 3.63) is 30.7 Å². The van der Waals surface area contributed by atoms with Crippen LogP contribution in [-0.4, -0.2) is 67.0 Å². The van der Waals surface area contributed by atoms with Crippen molar-refractivity contribution in [2.24, 2.45) is 0 Å². The summed E-state index contributed by atoms with van der Waals surface area (Å²) < 4.78 is 38.2. The van der Waals surface area contributed by atoms with Crippen LogP contribution in [0.2, 0.25) is 0 Å². The molecule has 0 unspecified atom stereocenters. The molecule has 0 bridgehead atoms. The van der Waals surface area contributed by atoms with Gasteiger partial charge in [-0.2, -0.15) is 0 Å². The number of nitrogens with zero attached hydrogens (tertiary/aromatic N) is 5. The number of methoxy groups -OCH3 is 1. The molecule has 1 aliphatic carbocycles. The van der Waals surface area contributed by atoms with E-state index in [2.05, 4.69) is 24.6 Å².